The zero-order valence-electron chi connectivity index (χ0n) is 20.2. The van der Waals surface area contributed by atoms with E-state index in [-0.39, 0.29) is 10.4 Å². The minimum Gasteiger partial charge on any atom is -0.470 e. The minimum absolute atomic E-state index is 0.0758. The number of pyridine rings is 1. The highest BCUT2D eigenvalue weighted by Gasteiger charge is 2.46. The molecule has 0 aromatic carbocycles. The minimum atomic E-state index is -3.41. The predicted octanol–water partition coefficient (Wildman–Crippen LogP) is 2.91. The van der Waals surface area contributed by atoms with E-state index in [1.54, 1.807) is 12.3 Å². The van der Waals surface area contributed by atoms with Crippen LogP contribution < -0.4 is 10.1 Å². The van der Waals surface area contributed by atoms with Gasteiger partial charge in [0.1, 0.15) is 16.0 Å². The number of thiazole rings is 1. The first-order chi connectivity index (χ1) is 17.3. The second-order valence-corrected chi connectivity index (χ2v) is 12.3. The van der Waals surface area contributed by atoms with Crippen molar-refractivity contribution in [1.29, 1.82) is 0 Å². The molecule has 0 radical (unpaired) electrons. The molecule has 190 valence electrons. The fourth-order valence-electron chi connectivity index (χ4n) is 4.91. The van der Waals surface area contributed by atoms with E-state index < -0.39 is 9.84 Å². The molecule has 0 bridgehead atoms. The SMILES string of the molecule is CC(C)C1CNCCC1(CCOc1nc2ccc(-c3cnc(S(C)(=O)=O)cn3)nc2s1)c1cnno1. The third-order valence-corrected chi connectivity index (χ3v) is 8.61. The summed E-state index contributed by atoms with van der Waals surface area (Å²) in [5, 5.41) is 11.6. The Balaban J connectivity index is 1.33. The van der Waals surface area contributed by atoms with Crippen LogP contribution in [0.5, 0.6) is 5.19 Å². The lowest BCUT2D eigenvalue weighted by Crippen LogP contribution is -2.50. The van der Waals surface area contributed by atoms with Gasteiger partial charge in [-0.25, -0.2) is 28.4 Å². The summed E-state index contributed by atoms with van der Waals surface area (Å²) in [5.74, 6) is 1.62. The van der Waals surface area contributed by atoms with Gasteiger partial charge < -0.3 is 14.6 Å². The standard InChI is InChI=1S/C23H27N7O4S2/c1-14(2)15-10-24-8-6-23(15,19-12-27-30-34-19)7-9-33-22-29-17-5-4-16(28-21(17)35-22)18-11-26-20(13-25-18)36(3,31)32/h4-5,11-15,24H,6-10H2,1-3H3. The normalized spacial score (nSPS) is 20.7. The molecular weight excluding hydrogens is 502 g/mol. The topological polar surface area (TPSA) is 146 Å². The van der Waals surface area contributed by atoms with Crippen LogP contribution in [0.15, 0.2) is 40.3 Å². The monoisotopic (exact) mass is 529 g/mol. The highest BCUT2D eigenvalue weighted by Crippen LogP contribution is 2.44. The van der Waals surface area contributed by atoms with Crippen LogP contribution in [0.4, 0.5) is 0 Å². The van der Waals surface area contributed by atoms with Gasteiger partial charge in [-0.2, -0.15) is 0 Å². The molecule has 0 spiro atoms. The Morgan fingerprint density at radius 2 is 2.06 bits per heavy atom. The maximum Gasteiger partial charge on any atom is 0.275 e. The van der Waals surface area contributed by atoms with Crippen LogP contribution >= 0.6 is 11.3 Å². The van der Waals surface area contributed by atoms with Gasteiger partial charge in [0.25, 0.3) is 5.19 Å². The number of ether oxygens (including phenoxy) is 1. The fourth-order valence-corrected chi connectivity index (χ4v) is 6.21. The summed E-state index contributed by atoms with van der Waals surface area (Å²) >= 11 is 1.35. The van der Waals surface area contributed by atoms with E-state index in [1.165, 1.54) is 23.7 Å². The molecule has 2 atom stereocenters. The molecule has 36 heavy (non-hydrogen) atoms. The summed E-state index contributed by atoms with van der Waals surface area (Å²) in [6.45, 7) is 6.72. The summed E-state index contributed by atoms with van der Waals surface area (Å²) in [6, 6.07) is 3.63. The molecule has 0 saturated carbocycles. The van der Waals surface area contributed by atoms with E-state index in [9.17, 15) is 8.42 Å². The fraction of sp³-hybridized carbons (Fsp3) is 0.478. The summed E-state index contributed by atoms with van der Waals surface area (Å²) in [5.41, 5.74) is 1.57. The van der Waals surface area contributed by atoms with Crippen molar-refractivity contribution in [2.45, 2.75) is 37.1 Å². The Labute approximate surface area is 212 Å². The van der Waals surface area contributed by atoms with Gasteiger partial charge in [-0.1, -0.05) is 25.2 Å². The Morgan fingerprint density at radius 3 is 2.75 bits per heavy atom. The molecule has 1 aliphatic heterocycles. The number of sulfone groups is 1. The van der Waals surface area contributed by atoms with Crippen LogP contribution in [0.3, 0.4) is 0 Å². The smallest absolute Gasteiger partial charge is 0.275 e. The van der Waals surface area contributed by atoms with Gasteiger partial charge in [-0.3, -0.25) is 0 Å². The lowest BCUT2D eigenvalue weighted by Gasteiger charge is -2.44. The van der Waals surface area contributed by atoms with E-state index >= 15 is 0 Å². The van der Waals surface area contributed by atoms with Crippen molar-refractivity contribution in [3.8, 4) is 16.6 Å². The highest BCUT2D eigenvalue weighted by molar-refractivity contribution is 7.90. The van der Waals surface area contributed by atoms with Crippen molar-refractivity contribution < 1.29 is 17.7 Å². The van der Waals surface area contributed by atoms with Crippen molar-refractivity contribution >= 4 is 31.5 Å². The molecule has 11 nitrogen and oxygen atoms in total. The average molecular weight is 530 g/mol. The molecule has 0 aliphatic carbocycles. The quantitative estimate of drug-likeness (QED) is 0.359. The van der Waals surface area contributed by atoms with Gasteiger partial charge in [-0.15, -0.1) is 5.10 Å². The van der Waals surface area contributed by atoms with Crippen LogP contribution in [-0.2, 0) is 15.3 Å². The number of nitrogens with zero attached hydrogens (tertiary/aromatic N) is 6. The number of nitrogens with one attached hydrogen (secondary N) is 1. The van der Waals surface area contributed by atoms with E-state index in [0.717, 1.165) is 43.5 Å². The van der Waals surface area contributed by atoms with Crippen LogP contribution in [0, 0.1) is 11.8 Å². The third-order valence-electron chi connectivity index (χ3n) is 6.76. The van der Waals surface area contributed by atoms with E-state index in [2.05, 4.69) is 49.5 Å². The lowest BCUT2D eigenvalue weighted by molar-refractivity contribution is 0.0902. The Bertz CT molecular complexity index is 1440. The first-order valence-corrected chi connectivity index (χ1v) is 14.4. The van der Waals surface area contributed by atoms with E-state index in [0.29, 0.717) is 39.9 Å². The molecule has 5 rings (SSSR count). The van der Waals surface area contributed by atoms with Crippen molar-refractivity contribution in [2.24, 2.45) is 11.8 Å². The molecule has 1 N–H and O–H groups in total. The van der Waals surface area contributed by atoms with Crippen LogP contribution in [0.2, 0.25) is 0 Å². The first kappa shape index (κ1) is 24.7. The van der Waals surface area contributed by atoms with Crippen molar-refractivity contribution in [3.05, 3.63) is 36.5 Å². The summed E-state index contributed by atoms with van der Waals surface area (Å²) in [6.07, 6.45) is 7.15. The van der Waals surface area contributed by atoms with Crippen LogP contribution in [-0.4, -0.2) is 64.7 Å². The van der Waals surface area contributed by atoms with Gasteiger partial charge in [0.05, 0.1) is 30.9 Å². The molecule has 0 amide bonds. The Hall–Kier alpha value is -3.03. The molecule has 5 heterocycles. The van der Waals surface area contributed by atoms with Gasteiger partial charge in [-0.05, 0) is 49.9 Å². The second-order valence-electron chi connectivity index (χ2n) is 9.35. The van der Waals surface area contributed by atoms with E-state index in [4.69, 9.17) is 9.26 Å². The molecule has 1 aliphatic rings. The maximum absolute atomic E-state index is 11.6. The number of fused-ring (bicyclic) bond motifs is 1. The Morgan fingerprint density at radius 1 is 1.19 bits per heavy atom. The van der Waals surface area contributed by atoms with Crippen molar-refractivity contribution in [3.63, 3.8) is 0 Å². The number of hydrogen-bond donors (Lipinski definition) is 1. The largest absolute Gasteiger partial charge is 0.470 e. The van der Waals surface area contributed by atoms with Crippen LogP contribution in [0.25, 0.3) is 21.7 Å². The molecule has 2 unspecified atom stereocenters. The molecule has 4 aromatic rings. The molecule has 1 fully saturated rings. The lowest BCUT2D eigenvalue weighted by atomic mass is 9.63. The predicted molar refractivity (Wildman–Crippen MR) is 133 cm³/mol. The number of hydrogen-bond acceptors (Lipinski definition) is 12. The zero-order chi connectivity index (χ0) is 25.3. The number of aromatic nitrogens is 6. The second kappa shape index (κ2) is 9.79. The first-order valence-electron chi connectivity index (χ1n) is 11.7. The third kappa shape index (κ3) is 4.82. The molecular formula is C23H27N7O4S2. The average Bonchev–Trinajstić information content (AvgIpc) is 3.53. The summed E-state index contributed by atoms with van der Waals surface area (Å²) < 4.78 is 35.0. The van der Waals surface area contributed by atoms with Gasteiger partial charge >= 0.3 is 0 Å². The molecule has 13 heteroatoms. The van der Waals surface area contributed by atoms with Crippen LogP contribution in [0.1, 0.15) is 32.4 Å². The molecule has 1 saturated heterocycles. The van der Waals surface area contributed by atoms with Gasteiger partial charge in [0.15, 0.2) is 20.6 Å². The summed E-state index contributed by atoms with van der Waals surface area (Å²) in [7, 11) is -3.41. The van der Waals surface area contributed by atoms with E-state index in [1.807, 2.05) is 6.07 Å². The highest BCUT2D eigenvalue weighted by atomic mass is 32.2. The zero-order valence-corrected chi connectivity index (χ0v) is 21.8. The van der Waals surface area contributed by atoms with Crippen molar-refractivity contribution in [2.75, 3.05) is 26.0 Å². The summed E-state index contributed by atoms with van der Waals surface area (Å²) in [4.78, 5) is 18.1. The van der Waals surface area contributed by atoms with Gasteiger partial charge in [0.2, 0.25) is 0 Å². The molecule has 4 aromatic heterocycles. The maximum atomic E-state index is 11.6. The van der Waals surface area contributed by atoms with Crippen molar-refractivity contribution in [1.82, 2.24) is 35.6 Å². The number of rotatable bonds is 8. The Kier molecular flexibility index (Phi) is 6.70. The van der Waals surface area contributed by atoms with Gasteiger partial charge in [0, 0.05) is 16.9 Å². The number of piperidine rings is 1.